The van der Waals surface area contributed by atoms with Crippen molar-refractivity contribution in [1.82, 2.24) is 25.1 Å². The molecule has 4 rings (SSSR count). The summed E-state index contributed by atoms with van der Waals surface area (Å²) < 4.78 is 54.9. The van der Waals surface area contributed by atoms with Crippen LogP contribution in [0.3, 0.4) is 0 Å². The first-order valence-electron chi connectivity index (χ1n) is 17.1. The molecule has 0 aliphatic carbocycles. The fourth-order valence-corrected chi connectivity index (χ4v) is 5.58. The van der Waals surface area contributed by atoms with Gasteiger partial charge in [0.05, 0.1) is 25.1 Å². The maximum absolute atomic E-state index is 14.2. The number of carbonyl (C=O) groups is 4. The fourth-order valence-electron chi connectivity index (χ4n) is 5.58. The largest absolute Gasteiger partial charge is 0.444 e. The first-order valence-corrected chi connectivity index (χ1v) is 17.1. The molecule has 0 radical (unpaired) electrons. The summed E-state index contributed by atoms with van der Waals surface area (Å²) in [6.45, 7) is 10.6. The predicted molar refractivity (Wildman–Crippen MR) is 187 cm³/mol. The van der Waals surface area contributed by atoms with Crippen LogP contribution in [0.1, 0.15) is 77.1 Å². The van der Waals surface area contributed by atoms with Crippen molar-refractivity contribution < 1.29 is 41.8 Å². The van der Waals surface area contributed by atoms with E-state index >= 15 is 0 Å². The summed E-state index contributed by atoms with van der Waals surface area (Å²) in [6, 6.07) is 11.3. The van der Waals surface area contributed by atoms with Crippen LogP contribution in [0.15, 0.2) is 67.1 Å². The number of hydrogen-bond donors (Lipinski definition) is 3. The molecular weight excluding hydrogens is 681 g/mol. The number of carbonyl (C=O) groups excluding carboxylic acids is 4. The van der Waals surface area contributed by atoms with E-state index in [4.69, 9.17) is 9.47 Å². The number of hydrogen-bond acceptors (Lipinski definition) is 7. The van der Waals surface area contributed by atoms with Gasteiger partial charge in [-0.3, -0.25) is 14.4 Å². The van der Waals surface area contributed by atoms with E-state index in [2.05, 4.69) is 27.9 Å². The molecule has 1 aromatic heterocycles. The molecule has 2 aromatic carbocycles. The van der Waals surface area contributed by atoms with Gasteiger partial charge in [-0.2, -0.15) is 13.2 Å². The number of nitrogens with one attached hydrogen (secondary N) is 3. The van der Waals surface area contributed by atoms with Crippen molar-refractivity contribution in [2.75, 3.05) is 25.0 Å². The zero-order chi connectivity index (χ0) is 38.3. The molecule has 0 saturated carbocycles. The number of rotatable bonds is 12. The second-order valence-electron chi connectivity index (χ2n) is 14.5. The van der Waals surface area contributed by atoms with Crippen LogP contribution in [0.2, 0.25) is 0 Å². The Bertz CT molecular complexity index is 1700. The van der Waals surface area contributed by atoms with Crippen molar-refractivity contribution in [2.24, 2.45) is 5.92 Å². The Morgan fingerprint density at radius 3 is 2.21 bits per heavy atom. The minimum Gasteiger partial charge on any atom is -0.444 e. The van der Waals surface area contributed by atoms with Gasteiger partial charge in [0.15, 0.2) is 5.82 Å². The molecule has 3 aromatic rings. The number of aromatic nitrogens is 2. The van der Waals surface area contributed by atoms with Gasteiger partial charge >= 0.3 is 12.3 Å². The first-order chi connectivity index (χ1) is 24.3. The molecule has 0 spiro atoms. The lowest BCUT2D eigenvalue weighted by Crippen LogP contribution is -2.59. The van der Waals surface area contributed by atoms with E-state index in [-0.39, 0.29) is 24.6 Å². The van der Waals surface area contributed by atoms with E-state index in [0.717, 1.165) is 11.6 Å². The Morgan fingerprint density at radius 1 is 0.942 bits per heavy atom. The van der Waals surface area contributed by atoms with Crippen LogP contribution in [0.4, 0.5) is 23.8 Å². The van der Waals surface area contributed by atoms with E-state index in [1.54, 1.807) is 25.7 Å². The summed E-state index contributed by atoms with van der Waals surface area (Å²) in [5.41, 5.74) is -2.74. The van der Waals surface area contributed by atoms with E-state index in [9.17, 15) is 32.3 Å². The molecule has 2 heterocycles. The second-order valence-corrected chi connectivity index (χ2v) is 14.5. The maximum Gasteiger partial charge on any atom is 0.416 e. The summed E-state index contributed by atoms with van der Waals surface area (Å²) in [5.74, 6) is -1.71. The number of alkyl carbamates (subject to hydrolysis) is 1. The minimum absolute atomic E-state index is 0.0759. The average Bonchev–Trinajstić information content (AvgIpc) is 3.51. The average molecular weight is 729 g/mol. The molecule has 0 bridgehead atoms. The highest BCUT2D eigenvalue weighted by atomic mass is 19.4. The summed E-state index contributed by atoms with van der Waals surface area (Å²) in [7, 11) is 0. The quantitative estimate of drug-likeness (QED) is 0.217. The van der Waals surface area contributed by atoms with Gasteiger partial charge < -0.3 is 34.9 Å². The Balaban J connectivity index is 1.58. The SMILES string of the molecule is CC1CCN(C(=O)C(c2ccccc2C(F)(F)F)n2cnc(NC(=O)[C@@H](COCc3ccccc3)NC(=O)C(C)(C)NC(=O)OC(C)(C)C)c2)CC1. The summed E-state index contributed by atoms with van der Waals surface area (Å²) in [6.07, 6.45) is -1.68. The number of anilines is 1. The Morgan fingerprint density at radius 2 is 1.58 bits per heavy atom. The molecule has 1 aliphatic heterocycles. The van der Waals surface area contributed by atoms with Crippen molar-refractivity contribution in [3.8, 4) is 0 Å². The number of halogens is 3. The van der Waals surface area contributed by atoms with Crippen molar-refractivity contribution in [3.05, 3.63) is 83.8 Å². The number of amides is 4. The van der Waals surface area contributed by atoms with Gasteiger partial charge in [-0.15, -0.1) is 0 Å². The van der Waals surface area contributed by atoms with Crippen molar-refractivity contribution in [1.29, 1.82) is 0 Å². The third-order valence-corrected chi connectivity index (χ3v) is 8.44. The lowest BCUT2D eigenvalue weighted by atomic mass is 9.95. The zero-order valence-electron chi connectivity index (χ0n) is 30.3. The Hall–Kier alpha value is -4.92. The van der Waals surface area contributed by atoms with E-state index < -0.39 is 58.8 Å². The zero-order valence-corrected chi connectivity index (χ0v) is 30.3. The number of ether oxygens (including phenoxy) is 2. The molecule has 1 aliphatic rings. The van der Waals surface area contributed by atoms with Crippen LogP contribution in [0.25, 0.3) is 0 Å². The number of alkyl halides is 3. The topological polar surface area (TPSA) is 144 Å². The smallest absolute Gasteiger partial charge is 0.416 e. The number of imidazole rings is 1. The van der Waals surface area contributed by atoms with E-state index in [1.807, 2.05) is 30.3 Å². The van der Waals surface area contributed by atoms with Crippen molar-refractivity contribution >= 4 is 29.6 Å². The summed E-state index contributed by atoms with van der Waals surface area (Å²) in [5, 5.41) is 7.70. The minimum atomic E-state index is -4.74. The van der Waals surface area contributed by atoms with Gasteiger partial charge in [0.2, 0.25) is 11.8 Å². The van der Waals surface area contributed by atoms with Crippen LogP contribution in [-0.4, -0.2) is 75.1 Å². The molecule has 4 amide bonds. The van der Waals surface area contributed by atoms with Crippen LogP contribution in [0, 0.1) is 5.92 Å². The molecule has 282 valence electrons. The van der Waals surface area contributed by atoms with E-state index in [1.165, 1.54) is 49.1 Å². The Labute approximate surface area is 301 Å². The standard InChI is InChI=1S/C37H47F3N6O6/c1-24-16-18-45(19-17-24)32(48)30(26-14-10-11-15-27(26)37(38,39)40)46-20-29(41-23-46)43-31(47)28(22-51-21-25-12-8-7-9-13-25)42-33(49)36(5,6)44-34(50)52-35(2,3)4/h7-15,20,23-24,28,30H,16-19,21-22H2,1-6H3,(H,42,49)(H,43,47)(H,44,50)/t28-,30?/m1/s1. The van der Waals surface area contributed by atoms with Gasteiger partial charge in [0.25, 0.3) is 5.91 Å². The molecule has 1 unspecified atom stereocenters. The van der Waals surface area contributed by atoms with Crippen LogP contribution in [-0.2, 0) is 36.6 Å². The predicted octanol–water partition coefficient (Wildman–Crippen LogP) is 5.69. The van der Waals surface area contributed by atoms with Gasteiger partial charge in [0, 0.05) is 19.3 Å². The van der Waals surface area contributed by atoms with Crippen LogP contribution < -0.4 is 16.0 Å². The molecule has 1 saturated heterocycles. The third-order valence-electron chi connectivity index (χ3n) is 8.44. The van der Waals surface area contributed by atoms with Gasteiger partial charge in [-0.25, -0.2) is 9.78 Å². The van der Waals surface area contributed by atoms with Crippen LogP contribution >= 0.6 is 0 Å². The van der Waals surface area contributed by atoms with Gasteiger partial charge in [0.1, 0.15) is 23.2 Å². The summed E-state index contributed by atoms with van der Waals surface area (Å²) in [4.78, 5) is 59.2. The monoisotopic (exact) mass is 728 g/mol. The first kappa shape index (κ1) is 39.9. The molecule has 12 nitrogen and oxygen atoms in total. The number of piperidine rings is 1. The number of likely N-dealkylation sites (tertiary alicyclic amines) is 1. The normalized spacial score (nSPS) is 15.4. The van der Waals surface area contributed by atoms with Crippen molar-refractivity contribution in [3.63, 3.8) is 0 Å². The van der Waals surface area contributed by atoms with Crippen LogP contribution in [0.5, 0.6) is 0 Å². The van der Waals surface area contributed by atoms with Gasteiger partial charge in [-0.1, -0.05) is 55.5 Å². The highest BCUT2D eigenvalue weighted by Gasteiger charge is 2.40. The van der Waals surface area contributed by atoms with Crippen molar-refractivity contribution in [2.45, 2.75) is 90.4 Å². The molecule has 52 heavy (non-hydrogen) atoms. The molecule has 3 N–H and O–H groups in total. The maximum atomic E-state index is 14.2. The Kier molecular flexibility index (Phi) is 12.7. The number of benzene rings is 2. The lowest BCUT2D eigenvalue weighted by molar-refractivity contribution is -0.140. The number of nitrogens with zero attached hydrogens (tertiary/aromatic N) is 3. The highest BCUT2D eigenvalue weighted by molar-refractivity contribution is 5.98. The van der Waals surface area contributed by atoms with E-state index in [0.29, 0.717) is 31.8 Å². The molecule has 1 fully saturated rings. The summed E-state index contributed by atoms with van der Waals surface area (Å²) >= 11 is 0. The third kappa shape index (κ3) is 11.0. The fraction of sp³-hybridized carbons (Fsp3) is 0.486. The molecule has 2 atom stereocenters. The second kappa shape index (κ2) is 16.6. The highest BCUT2D eigenvalue weighted by Crippen LogP contribution is 2.37. The lowest BCUT2D eigenvalue weighted by Gasteiger charge is -2.34. The molecular formula is C37H47F3N6O6. The molecule has 15 heteroatoms. The van der Waals surface area contributed by atoms with Gasteiger partial charge in [-0.05, 0) is 70.6 Å².